The summed E-state index contributed by atoms with van der Waals surface area (Å²) in [5.41, 5.74) is -0.398. The van der Waals surface area contributed by atoms with Crippen LogP contribution in [0.5, 0.6) is 0 Å². The first-order valence-corrected chi connectivity index (χ1v) is 8.83. The number of nitrogens with zero attached hydrogens (tertiary/aromatic N) is 1. The van der Waals surface area contributed by atoms with Gasteiger partial charge in [-0.3, -0.25) is 10.1 Å². The molecule has 0 bridgehead atoms. The molecule has 2 aliphatic carbocycles. The minimum absolute atomic E-state index is 0.000975. The number of hydrogen-bond acceptors (Lipinski definition) is 4. The molecule has 21 heavy (non-hydrogen) atoms. The molecule has 2 unspecified atom stereocenters. The molecule has 2 fully saturated rings. The molecule has 0 aromatic carbocycles. The Morgan fingerprint density at radius 1 is 1.24 bits per heavy atom. The third-order valence-corrected chi connectivity index (χ3v) is 5.19. The van der Waals surface area contributed by atoms with Crippen molar-refractivity contribution >= 4 is 5.97 Å². The van der Waals surface area contributed by atoms with Gasteiger partial charge in [-0.2, -0.15) is 0 Å². The van der Waals surface area contributed by atoms with Crippen molar-refractivity contribution in [2.75, 3.05) is 26.2 Å². The topological polar surface area (TPSA) is 41.6 Å². The van der Waals surface area contributed by atoms with E-state index in [0.717, 1.165) is 45.3 Å². The van der Waals surface area contributed by atoms with Gasteiger partial charge in [0.2, 0.25) is 0 Å². The van der Waals surface area contributed by atoms with E-state index in [1.54, 1.807) is 0 Å². The summed E-state index contributed by atoms with van der Waals surface area (Å²) in [6, 6.07) is 0.545. The van der Waals surface area contributed by atoms with E-state index in [1.807, 2.05) is 6.92 Å². The van der Waals surface area contributed by atoms with Crippen LogP contribution in [0.25, 0.3) is 0 Å². The molecular formula is C17H32N2O2. The van der Waals surface area contributed by atoms with E-state index < -0.39 is 5.54 Å². The first-order valence-electron chi connectivity index (χ1n) is 8.83. The van der Waals surface area contributed by atoms with Crippen molar-refractivity contribution in [3.8, 4) is 0 Å². The van der Waals surface area contributed by atoms with E-state index in [0.29, 0.717) is 18.6 Å². The van der Waals surface area contributed by atoms with Gasteiger partial charge in [0.25, 0.3) is 0 Å². The van der Waals surface area contributed by atoms with Crippen LogP contribution in [0.15, 0.2) is 0 Å². The Morgan fingerprint density at radius 3 is 2.52 bits per heavy atom. The van der Waals surface area contributed by atoms with Gasteiger partial charge in [0, 0.05) is 6.04 Å². The van der Waals surface area contributed by atoms with E-state index in [9.17, 15) is 4.79 Å². The lowest BCUT2D eigenvalue weighted by Gasteiger charge is -2.35. The number of rotatable bonds is 9. The average Bonchev–Trinajstić information content (AvgIpc) is 3.20. The quantitative estimate of drug-likeness (QED) is 0.664. The first-order chi connectivity index (χ1) is 10.2. The standard InChI is InChI=1S/C17H32N2O2/c1-4-19(5-2)13-11-14-8-7-12-17(14,16(20)21-6-3)18-15-9-10-15/h14-15,18H,4-13H2,1-3H3. The Hall–Kier alpha value is -0.610. The molecule has 0 spiro atoms. The zero-order valence-corrected chi connectivity index (χ0v) is 14.0. The summed E-state index contributed by atoms with van der Waals surface area (Å²) in [6.07, 6.45) is 6.76. The smallest absolute Gasteiger partial charge is 0.326 e. The first kappa shape index (κ1) is 16.8. The minimum atomic E-state index is -0.398. The van der Waals surface area contributed by atoms with Gasteiger partial charge in [0.15, 0.2) is 0 Å². The van der Waals surface area contributed by atoms with E-state index in [4.69, 9.17) is 4.74 Å². The molecule has 0 aliphatic heterocycles. The Kier molecular flexibility index (Phi) is 6.06. The lowest BCUT2D eigenvalue weighted by atomic mass is 9.84. The summed E-state index contributed by atoms with van der Waals surface area (Å²) in [4.78, 5) is 15.1. The average molecular weight is 296 g/mol. The van der Waals surface area contributed by atoms with Crippen molar-refractivity contribution in [2.45, 2.75) is 70.9 Å². The Balaban J connectivity index is 2.03. The van der Waals surface area contributed by atoms with E-state index in [2.05, 4.69) is 24.1 Å². The number of nitrogens with one attached hydrogen (secondary N) is 1. The van der Waals surface area contributed by atoms with Crippen LogP contribution in [0.2, 0.25) is 0 Å². The summed E-state index contributed by atoms with van der Waals surface area (Å²) < 4.78 is 5.43. The van der Waals surface area contributed by atoms with Crippen molar-refractivity contribution < 1.29 is 9.53 Å². The van der Waals surface area contributed by atoms with E-state index in [-0.39, 0.29) is 5.97 Å². The zero-order chi connectivity index (χ0) is 15.3. The molecule has 1 N–H and O–H groups in total. The van der Waals surface area contributed by atoms with Gasteiger partial charge in [-0.15, -0.1) is 0 Å². The number of ether oxygens (including phenoxy) is 1. The lowest BCUT2D eigenvalue weighted by Crippen LogP contribution is -2.57. The molecule has 0 aromatic heterocycles. The highest BCUT2D eigenvalue weighted by molar-refractivity contribution is 5.82. The second-order valence-corrected chi connectivity index (χ2v) is 6.52. The molecule has 2 atom stereocenters. The van der Waals surface area contributed by atoms with Crippen LogP contribution in [0.1, 0.15) is 59.3 Å². The van der Waals surface area contributed by atoms with Gasteiger partial charge in [-0.25, -0.2) is 0 Å². The molecule has 0 aromatic rings. The predicted octanol–water partition coefficient (Wildman–Crippen LogP) is 2.57. The second-order valence-electron chi connectivity index (χ2n) is 6.52. The fourth-order valence-electron chi connectivity index (χ4n) is 3.72. The SMILES string of the molecule is CCOC(=O)C1(NC2CC2)CCCC1CCN(CC)CC. The van der Waals surface area contributed by atoms with Crippen LogP contribution < -0.4 is 5.32 Å². The maximum Gasteiger partial charge on any atom is 0.326 e. The van der Waals surface area contributed by atoms with Crippen molar-refractivity contribution in [3.05, 3.63) is 0 Å². The fourth-order valence-corrected chi connectivity index (χ4v) is 3.72. The normalized spacial score (nSPS) is 29.0. The predicted molar refractivity (Wildman–Crippen MR) is 85.3 cm³/mol. The molecule has 122 valence electrons. The molecule has 0 amide bonds. The number of hydrogen-bond donors (Lipinski definition) is 1. The third-order valence-electron chi connectivity index (χ3n) is 5.19. The highest BCUT2D eigenvalue weighted by Gasteiger charge is 2.51. The van der Waals surface area contributed by atoms with Crippen molar-refractivity contribution in [3.63, 3.8) is 0 Å². The van der Waals surface area contributed by atoms with Crippen LogP contribution in [-0.4, -0.2) is 48.7 Å². The summed E-state index contributed by atoms with van der Waals surface area (Å²) in [5, 5.41) is 3.67. The zero-order valence-electron chi connectivity index (χ0n) is 14.0. The molecule has 0 heterocycles. The van der Waals surface area contributed by atoms with Gasteiger partial charge < -0.3 is 9.64 Å². The van der Waals surface area contributed by atoms with Crippen LogP contribution in [-0.2, 0) is 9.53 Å². The second kappa shape index (κ2) is 7.59. The van der Waals surface area contributed by atoms with Gasteiger partial charge in [0.1, 0.15) is 5.54 Å². The molecule has 2 rings (SSSR count). The molecule has 2 saturated carbocycles. The van der Waals surface area contributed by atoms with Crippen molar-refractivity contribution in [1.82, 2.24) is 10.2 Å². The van der Waals surface area contributed by atoms with Gasteiger partial charge in [0.05, 0.1) is 6.61 Å². The summed E-state index contributed by atoms with van der Waals surface area (Å²) >= 11 is 0. The Morgan fingerprint density at radius 2 is 1.95 bits per heavy atom. The largest absolute Gasteiger partial charge is 0.465 e. The third kappa shape index (κ3) is 3.98. The van der Waals surface area contributed by atoms with Gasteiger partial charge >= 0.3 is 5.97 Å². The maximum absolute atomic E-state index is 12.6. The lowest BCUT2D eigenvalue weighted by molar-refractivity contribution is -0.153. The van der Waals surface area contributed by atoms with Crippen LogP contribution >= 0.6 is 0 Å². The van der Waals surface area contributed by atoms with Crippen LogP contribution in [0.4, 0.5) is 0 Å². The van der Waals surface area contributed by atoms with E-state index in [1.165, 1.54) is 12.8 Å². The van der Waals surface area contributed by atoms with Gasteiger partial charge in [-0.05, 0) is 64.6 Å². The van der Waals surface area contributed by atoms with Crippen LogP contribution in [0, 0.1) is 5.92 Å². The molecule has 0 saturated heterocycles. The number of esters is 1. The maximum atomic E-state index is 12.6. The molecule has 2 aliphatic rings. The molecule has 0 radical (unpaired) electrons. The molecular weight excluding hydrogens is 264 g/mol. The Bertz CT molecular complexity index is 340. The molecule has 4 nitrogen and oxygen atoms in total. The number of carbonyl (C=O) groups is 1. The minimum Gasteiger partial charge on any atom is -0.465 e. The summed E-state index contributed by atoms with van der Waals surface area (Å²) in [7, 11) is 0. The molecule has 4 heteroatoms. The monoisotopic (exact) mass is 296 g/mol. The number of carbonyl (C=O) groups excluding carboxylic acids is 1. The summed E-state index contributed by atoms with van der Waals surface area (Å²) in [6.45, 7) is 10.1. The highest BCUT2D eigenvalue weighted by atomic mass is 16.5. The van der Waals surface area contributed by atoms with Crippen molar-refractivity contribution in [1.29, 1.82) is 0 Å². The van der Waals surface area contributed by atoms with Crippen LogP contribution in [0.3, 0.4) is 0 Å². The van der Waals surface area contributed by atoms with Gasteiger partial charge in [-0.1, -0.05) is 20.3 Å². The summed E-state index contributed by atoms with van der Waals surface area (Å²) in [5.74, 6) is 0.427. The van der Waals surface area contributed by atoms with E-state index >= 15 is 0 Å². The van der Waals surface area contributed by atoms with Crippen molar-refractivity contribution in [2.24, 2.45) is 5.92 Å². The fraction of sp³-hybridized carbons (Fsp3) is 0.941. The highest BCUT2D eigenvalue weighted by Crippen LogP contribution is 2.41. The Labute approximate surface area is 129 Å².